The Morgan fingerprint density at radius 1 is 1.22 bits per heavy atom. The molecule has 6 atom stereocenters. The number of likely N-dealkylation sites (N-methyl/N-ethyl adjacent to an activating group) is 1. The van der Waals surface area contributed by atoms with E-state index in [1.165, 1.54) is 4.90 Å². The van der Waals surface area contributed by atoms with Gasteiger partial charge in [-0.2, -0.15) is 0 Å². The summed E-state index contributed by atoms with van der Waals surface area (Å²) in [6.45, 7) is 13.7. The van der Waals surface area contributed by atoms with Crippen LogP contribution < -0.4 is 4.90 Å². The molecule has 2 bridgehead atoms. The number of aliphatic hydroxyl groups is 1. The number of hydrogen-bond donors (Lipinski definition) is 1. The lowest BCUT2D eigenvalue weighted by Gasteiger charge is -2.39. The Bertz CT molecular complexity index is 1080. The van der Waals surface area contributed by atoms with Crippen LogP contribution in [0.15, 0.2) is 43.5 Å². The van der Waals surface area contributed by atoms with Crippen molar-refractivity contribution in [3.8, 4) is 0 Å². The molecule has 1 aromatic carbocycles. The molecule has 3 heterocycles. The summed E-state index contributed by atoms with van der Waals surface area (Å²) in [5.74, 6) is -2.17. The molecule has 0 radical (unpaired) electrons. The van der Waals surface area contributed by atoms with Gasteiger partial charge in [0.25, 0.3) is 5.91 Å². The lowest BCUT2D eigenvalue weighted by Crippen LogP contribution is -2.59. The Hall–Kier alpha value is -2.97. The van der Waals surface area contributed by atoms with Crippen LogP contribution in [0.5, 0.6) is 0 Å². The van der Waals surface area contributed by atoms with Crippen molar-refractivity contribution in [2.45, 2.75) is 63.8 Å². The summed E-state index contributed by atoms with van der Waals surface area (Å²) in [6.07, 6.45) is 4.47. The van der Waals surface area contributed by atoms with Crippen molar-refractivity contribution >= 4 is 23.4 Å². The zero-order valence-corrected chi connectivity index (χ0v) is 22.4. The molecule has 2 unspecified atom stereocenters. The van der Waals surface area contributed by atoms with E-state index in [2.05, 4.69) is 13.2 Å². The van der Waals surface area contributed by atoms with Crippen LogP contribution in [0.25, 0.3) is 0 Å². The minimum Gasteiger partial charge on any atom is -0.394 e. The molecule has 8 heteroatoms. The third-order valence-electron chi connectivity index (χ3n) is 8.40. The largest absolute Gasteiger partial charge is 0.394 e. The molecule has 8 nitrogen and oxygen atoms in total. The highest BCUT2D eigenvalue weighted by molar-refractivity contribution is 6.05. The molecule has 1 spiro atoms. The molecule has 1 aromatic rings. The standard InChI is InChI=1S/C29H39N3O5/c1-7-15-30(6)26(34)22-21-13-14-29(37-21)23(22)27(35)32(20(9-3)17-33)25(29)28(36)31(16-8-2)24-18(4)11-10-12-19(24)5/h7-8,10-12,20-23,25,33H,1-2,9,13-17H2,3-6H3/t20-,21+,22-,23-,25?,29?/m0/s1. The van der Waals surface area contributed by atoms with Crippen LogP contribution in [0.3, 0.4) is 0 Å². The Labute approximate surface area is 219 Å². The number of para-hydroxylation sites is 1. The number of likely N-dealkylation sites (tertiary alicyclic amines) is 1. The van der Waals surface area contributed by atoms with Gasteiger partial charge in [0, 0.05) is 25.8 Å². The first-order valence-corrected chi connectivity index (χ1v) is 13.1. The Morgan fingerprint density at radius 2 is 1.86 bits per heavy atom. The first-order chi connectivity index (χ1) is 17.7. The molecule has 4 rings (SSSR count). The zero-order valence-electron chi connectivity index (χ0n) is 22.4. The number of aryl methyl sites for hydroxylation is 2. The molecule has 3 aliphatic rings. The maximum absolute atomic E-state index is 14.6. The van der Waals surface area contributed by atoms with Crippen LogP contribution in [0.1, 0.15) is 37.3 Å². The fourth-order valence-electron chi connectivity index (χ4n) is 6.80. The van der Waals surface area contributed by atoms with Crippen LogP contribution in [-0.2, 0) is 19.1 Å². The number of anilines is 1. The molecule has 3 amide bonds. The molecule has 0 aliphatic carbocycles. The van der Waals surface area contributed by atoms with Gasteiger partial charge in [-0.05, 0) is 44.2 Å². The second kappa shape index (κ2) is 10.4. The Kier molecular flexibility index (Phi) is 7.62. The predicted molar refractivity (Wildman–Crippen MR) is 142 cm³/mol. The van der Waals surface area contributed by atoms with E-state index in [0.717, 1.165) is 16.8 Å². The Morgan fingerprint density at radius 3 is 2.43 bits per heavy atom. The number of fused-ring (bicyclic) bond motifs is 1. The number of ether oxygens (including phenoxy) is 1. The van der Waals surface area contributed by atoms with E-state index in [1.54, 1.807) is 29.0 Å². The second-order valence-electron chi connectivity index (χ2n) is 10.5. The highest BCUT2D eigenvalue weighted by atomic mass is 16.5. The molecule has 1 N–H and O–H groups in total. The van der Waals surface area contributed by atoms with Crippen molar-refractivity contribution in [2.75, 3.05) is 31.6 Å². The highest BCUT2D eigenvalue weighted by Crippen LogP contribution is 2.59. The normalized spacial score (nSPS) is 28.7. The summed E-state index contributed by atoms with van der Waals surface area (Å²) in [7, 11) is 1.69. The van der Waals surface area contributed by atoms with Crippen molar-refractivity contribution in [2.24, 2.45) is 11.8 Å². The van der Waals surface area contributed by atoms with Crippen LogP contribution in [0.4, 0.5) is 5.69 Å². The van der Waals surface area contributed by atoms with E-state index < -0.39 is 35.6 Å². The van der Waals surface area contributed by atoms with Crippen molar-refractivity contribution in [1.29, 1.82) is 0 Å². The first kappa shape index (κ1) is 27.1. The van der Waals surface area contributed by atoms with Crippen LogP contribution in [-0.4, -0.2) is 83.2 Å². The van der Waals surface area contributed by atoms with Crippen molar-refractivity contribution in [3.63, 3.8) is 0 Å². The number of aliphatic hydroxyl groups excluding tert-OH is 1. The van der Waals surface area contributed by atoms with Crippen molar-refractivity contribution < 1.29 is 24.2 Å². The first-order valence-electron chi connectivity index (χ1n) is 13.1. The van der Waals surface area contributed by atoms with E-state index in [4.69, 9.17) is 4.74 Å². The summed E-state index contributed by atoms with van der Waals surface area (Å²) >= 11 is 0. The van der Waals surface area contributed by atoms with Gasteiger partial charge in [-0.3, -0.25) is 14.4 Å². The minimum absolute atomic E-state index is 0.174. The maximum Gasteiger partial charge on any atom is 0.253 e. The average molecular weight is 510 g/mol. The third-order valence-corrected chi connectivity index (χ3v) is 8.40. The van der Waals surface area contributed by atoms with E-state index in [9.17, 15) is 19.5 Å². The smallest absolute Gasteiger partial charge is 0.253 e. The summed E-state index contributed by atoms with van der Waals surface area (Å²) < 4.78 is 6.55. The number of amides is 3. The van der Waals surface area contributed by atoms with Gasteiger partial charge in [0.2, 0.25) is 11.8 Å². The van der Waals surface area contributed by atoms with Crippen molar-refractivity contribution in [1.82, 2.24) is 9.80 Å². The van der Waals surface area contributed by atoms with E-state index >= 15 is 0 Å². The number of hydrogen-bond acceptors (Lipinski definition) is 5. The van der Waals surface area contributed by atoms with Gasteiger partial charge in [0.05, 0.1) is 30.6 Å². The number of nitrogens with zero attached hydrogens (tertiary/aromatic N) is 3. The molecular weight excluding hydrogens is 470 g/mol. The van der Waals surface area contributed by atoms with Gasteiger partial charge < -0.3 is 24.5 Å². The van der Waals surface area contributed by atoms with Gasteiger partial charge in [-0.1, -0.05) is 37.3 Å². The van der Waals surface area contributed by atoms with Crippen LogP contribution in [0.2, 0.25) is 0 Å². The van der Waals surface area contributed by atoms with Gasteiger partial charge in [-0.15, -0.1) is 13.2 Å². The lowest BCUT2D eigenvalue weighted by molar-refractivity contribution is -0.146. The second-order valence-corrected chi connectivity index (χ2v) is 10.5. The van der Waals surface area contributed by atoms with E-state index in [1.807, 2.05) is 39.0 Å². The topological polar surface area (TPSA) is 90.4 Å². The SMILES string of the molecule is C=CCN(C)C(=O)[C@@H]1[C@H]2C(=O)N([C@@H](CC)CO)C(C(=O)N(CC=C)c3c(C)cccc3C)C23CC[C@H]1O3. The molecule has 0 saturated carbocycles. The zero-order chi connectivity index (χ0) is 27.1. The van der Waals surface area contributed by atoms with Crippen molar-refractivity contribution in [3.05, 3.63) is 54.6 Å². The van der Waals surface area contributed by atoms with E-state index in [-0.39, 0.29) is 30.9 Å². The number of rotatable bonds is 10. The lowest BCUT2D eigenvalue weighted by atomic mass is 9.70. The third kappa shape index (κ3) is 4.10. The minimum atomic E-state index is -1.12. The number of benzene rings is 1. The molecule has 3 fully saturated rings. The van der Waals surface area contributed by atoms with Gasteiger partial charge in [-0.25, -0.2) is 0 Å². The molecule has 3 saturated heterocycles. The summed E-state index contributed by atoms with van der Waals surface area (Å²) in [5.41, 5.74) is 1.53. The fraction of sp³-hybridized carbons (Fsp3) is 0.552. The quantitative estimate of drug-likeness (QED) is 0.490. The monoisotopic (exact) mass is 509 g/mol. The van der Waals surface area contributed by atoms with Crippen LogP contribution in [0, 0.1) is 25.7 Å². The van der Waals surface area contributed by atoms with Gasteiger partial charge >= 0.3 is 0 Å². The van der Waals surface area contributed by atoms with Gasteiger partial charge in [0.1, 0.15) is 11.6 Å². The highest BCUT2D eigenvalue weighted by Gasteiger charge is 2.75. The predicted octanol–water partition coefficient (Wildman–Crippen LogP) is 2.61. The van der Waals surface area contributed by atoms with Gasteiger partial charge in [0.15, 0.2) is 0 Å². The molecule has 200 valence electrons. The summed E-state index contributed by atoms with van der Waals surface area (Å²) in [4.78, 5) is 47.0. The fourth-order valence-corrected chi connectivity index (χ4v) is 6.80. The molecular formula is C29H39N3O5. The van der Waals surface area contributed by atoms with Crippen LogP contribution >= 0.6 is 0 Å². The average Bonchev–Trinajstić information content (AvgIpc) is 3.51. The molecule has 0 aromatic heterocycles. The molecule has 37 heavy (non-hydrogen) atoms. The Balaban J connectivity index is 1.84. The summed E-state index contributed by atoms with van der Waals surface area (Å²) in [5, 5.41) is 10.3. The number of carbonyl (C=O) groups excluding carboxylic acids is 3. The maximum atomic E-state index is 14.6. The van der Waals surface area contributed by atoms with E-state index in [0.29, 0.717) is 25.8 Å². The molecule has 3 aliphatic heterocycles. The number of carbonyl (C=O) groups is 3. The summed E-state index contributed by atoms with van der Waals surface area (Å²) in [6, 6.07) is 4.34.